The molecule has 3 N–H and O–H groups in total. The molecule has 2 aromatic heterocycles. The number of benzene rings is 1. The Balaban J connectivity index is 1.28. The van der Waals surface area contributed by atoms with Crippen molar-refractivity contribution in [3.05, 3.63) is 52.7 Å². The molecule has 1 aliphatic carbocycles. The standard InChI is InChI=1S/C26H28ClF3N8O3/c1-35-20(18-14-38(16-3-4-16)34-22(18)26(28,29)30)13-32-23(35)24(40)33-15-2-5-17(19(27)12-15)25(41)37-10-8-36(9-11-37)21(39)6-7-31/h2,5,12-14,16H,3-4,6-11,31H2,1H3,(H,33,40). The number of nitrogens with two attached hydrogens (primary N) is 1. The molecule has 0 atom stereocenters. The van der Waals surface area contributed by atoms with Crippen LogP contribution in [0.1, 0.15) is 52.0 Å². The van der Waals surface area contributed by atoms with Gasteiger partial charge in [-0.3, -0.25) is 19.1 Å². The van der Waals surface area contributed by atoms with E-state index in [1.807, 2.05) is 0 Å². The number of piperazine rings is 1. The van der Waals surface area contributed by atoms with Crippen LogP contribution in [0.25, 0.3) is 11.3 Å². The molecule has 3 amide bonds. The maximum Gasteiger partial charge on any atom is 0.435 e. The summed E-state index contributed by atoms with van der Waals surface area (Å²) >= 11 is 6.39. The highest BCUT2D eigenvalue weighted by atomic mass is 35.5. The summed E-state index contributed by atoms with van der Waals surface area (Å²) in [5, 5.41) is 6.49. The van der Waals surface area contributed by atoms with E-state index in [0.29, 0.717) is 26.2 Å². The first-order valence-electron chi connectivity index (χ1n) is 13.0. The molecule has 5 rings (SSSR count). The lowest BCUT2D eigenvalue weighted by Crippen LogP contribution is -2.50. The number of carbonyl (C=O) groups excluding carboxylic acids is 3. The van der Waals surface area contributed by atoms with Crippen molar-refractivity contribution in [3.8, 4) is 11.3 Å². The summed E-state index contributed by atoms with van der Waals surface area (Å²) in [5.74, 6) is -1.15. The molecule has 0 bridgehead atoms. The molecule has 218 valence electrons. The summed E-state index contributed by atoms with van der Waals surface area (Å²) in [6.45, 7) is 1.76. The minimum absolute atomic E-state index is 0.0494. The fraction of sp³-hybridized carbons (Fsp3) is 0.423. The van der Waals surface area contributed by atoms with Crippen molar-refractivity contribution in [1.82, 2.24) is 29.1 Å². The third-order valence-corrected chi connectivity index (χ3v) is 7.44. The maximum atomic E-state index is 13.7. The van der Waals surface area contributed by atoms with Crippen LogP contribution in [0.15, 0.2) is 30.6 Å². The number of imidazole rings is 1. The second kappa shape index (κ2) is 11.2. The predicted octanol–water partition coefficient (Wildman–Crippen LogP) is 3.18. The van der Waals surface area contributed by atoms with Crippen molar-refractivity contribution in [2.45, 2.75) is 31.5 Å². The van der Waals surface area contributed by atoms with E-state index < -0.39 is 17.8 Å². The van der Waals surface area contributed by atoms with E-state index in [4.69, 9.17) is 17.3 Å². The van der Waals surface area contributed by atoms with E-state index >= 15 is 0 Å². The van der Waals surface area contributed by atoms with E-state index in [1.165, 1.54) is 46.9 Å². The van der Waals surface area contributed by atoms with E-state index in [1.54, 1.807) is 9.80 Å². The third kappa shape index (κ3) is 5.93. The highest BCUT2D eigenvalue weighted by Crippen LogP contribution is 2.41. The molecule has 2 aliphatic rings. The minimum Gasteiger partial charge on any atom is -0.339 e. The van der Waals surface area contributed by atoms with Crippen LogP contribution >= 0.6 is 11.6 Å². The minimum atomic E-state index is -4.67. The van der Waals surface area contributed by atoms with E-state index in [-0.39, 0.29) is 64.2 Å². The van der Waals surface area contributed by atoms with Gasteiger partial charge in [-0.05, 0) is 31.0 Å². The topological polar surface area (TPSA) is 131 Å². The predicted molar refractivity (Wildman–Crippen MR) is 143 cm³/mol. The monoisotopic (exact) mass is 592 g/mol. The normalized spacial score (nSPS) is 15.8. The van der Waals surface area contributed by atoms with Gasteiger partial charge in [0.15, 0.2) is 11.5 Å². The molecular weight excluding hydrogens is 565 g/mol. The summed E-state index contributed by atoms with van der Waals surface area (Å²) in [6, 6.07) is 4.34. The number of amides is 3. The first-order valence-corrected chi connectivity index (χ1v) is 13.4. The Morgan fingerprint density at radius 2 is 1.80 bits per heavy atom. The van der Waals surface area contributed by atoms with Gasteiger partial charge in [0, 0.05) is 58.1 Å². The van der Waals surface area contributed by atoms with Crippen LogP contribution in [0.2, 0.25) is 5.02 Å². The number of aromatic nitrogens is 4. The zero-order valence-electron chi connectivity index (χ0n) is 22.1. The smallest absolute Gasteiger partial charge is 0.339 e. The fourth-order valence-corrected chi connectivity index (χ4v) is 5.01. The van der Waals surface area contributed by atoms with Gasteiger partial charge in [-0.15, -0.1) is 0 Å². The molecular formula is C26H28ClF3N8O3. The molecule has 1 saturated heterocycles. The van der Waals surface area contributed by atoms with Crippen LogP contribution < -0.4 is 11.1 Å². The van der Waals surface area contributed by atoms with Crippen molar-refractivity contribution in [3.63, 3.8) is 0 Å². The third-order valence-electron chi connectivity index (χ3n) is 7.12. The molecule has 11 nitrogen and oxygen atoms in total. The zero-order chi connectivity index (χ0) is 29.5. The largest absolute Gasteiger partial charge is 0.435 e. The summed E-state index contributed by atoms with van der Waals surface area (Å²) < 4.78 is 43.7. The summed E-state index contributed by atoms with van der Waals surface area (Å²) in [7, 11) is 1.45. The highest BCUT2D eigenvalue weighted by molar-refractivity contribution is 6.34. The lowest BCUT2D eigenvalue weighted by Gasteiger charge is -2.35. The number of nitrogens with one attached hydrogen (secondary N) is 1. The first kappa shape index (κ1) is 28.6. The van der Waals surface area contributed by atoms with Gasteiger partial charge in [0.1, 0.15) is 0 Å². The quantitative estimate of drug-likeness (QED) is 0.433. The molecule has 15 heteroatoms. The van der Waals surface area contributed by atoms with Gasteiger partial charge >= 0.3 is 6.18 Å². The lowest BCUT2D eigenvalue weighted by molar-refractivity contribution is -0.141. The number of hydrogen-bond donors (Lipinski definition) is 2. The van der Waals surface area contributed by atoms with Gasteiger partial charge in [0.2, 0.25) is 5.91 Å². The van der Waals surface area contributed by atoms with Crippen LogP contribution in [0, 0.1) is 0 Å². The van der Waals surface area contributed by atoms with Gasteiger partial charge in [0.05, 0.1) is 34.1 Å². The number of rotatable bonds is 7. The van der Waals surface area contributed by atoms with E-state index in [2.05, 4.69) is 15.4 Å². The molecule has 0 spiro atoms. The summed E-state index contributed by atoms with van der Waals surface area (Å²) in [6.07, 6.45) is -0.350. The molecule has 0 unspecified atom stereocenters. The van der Waals surface area contributed by atoms with E-state index in [0.717, 1.165) is 12.8 Å². The van der Waals surface area contributed by atoms with Crippen LogP contribution in [-0.2, 0) is 18.0 Å². The van der Waals surface area contributed by atoms with Gasteiger partial charge in [-0.2, -0.15) is 18.3 Å². The Labute approximate surface area is 238 Å². The molecule has 1 aliphatic heterocycles. The average Bonchev–Trinajstić information content (AvgIpc) is 3.56. The van der Waals surface area contributed by atoms with Crippen LogP contribution in [0.3, 0.4) is 0 Å². The molecule has 2 fully saturated rings. The van der Waals surface area contributed by atoms with Gasteiger partial charge in [-0.1, -0.05) is 11.6 Å². The number of anilines is 1. The van der Waals surface area contributed by atoms with Crippen LogP contribution in [-0.4, -0.2) is 79.6 Å². The number of halogens is 4. The number of alkyl halides is 3. The van der Waals surface area contributed by atoms with Crippen LogP contribution in [0.4, 0.5) is 18.9 Å². The Kier molecular flexibility index (Phi) is 7.79. The molecule has 1 saturated carbocycles. The van der Waals surface area contributed by atoms with Gasteiger partial charge in [0.25, 0.3) is 11.8 Å². The van der Waals surface area contributed by atoms with Crippen molar-refractivity contribution < 1.29 is 27.6 Å². The highest BCUT2D eigenvalue weighted by Gasteiger charge is 2.40. The fourth-order valence-electron chi connectivity index (χ4n) is 4.75. The number of carbonyl (C=O) groups is 3. The Bertz CT molecular complexity index is 1490. The Morgan fingerprint density at radius 1 is 1.12 bits per heavy atom. The molecule has 1 aromatic carbocycles. The molecule has 3 heterocycles. The number of hydrogen-bond acceptors (Lipinski definition) is 6. The van der Waals surface area contributed by atoms with Crippen molar-refractivity contribution in [2.75, 3.05) is 38.0 Å². The zero-order valence-corrected chi connectivity index (χ0v) is 22.9. The second-order valence-corrected chi connectivity index (χ2v) is 10.4. The van der Waals surface area contributed by atoms with Gasteiger partial charge in [-0.25, -0.2) is 4.98 Å². The summed E-state index contributed by atoms with van der Waals surface area (Å²) in [4.78, 5) is 45.4. The maximum absolute atomic E-state index is 13.7. The Hall–Kier alpha value is -3.91. The Morgan fingerprint density at radius 3 is 2.41 bits per heavy atom. The summed E-state index contributed by atoms with van der Waals surface area (Å²) in [5.41, 5.74) is 4.86. The van der Waals surface area contributed by atoms with Gasteiger partial charge < -0.3 is 25.4 Å². The van der Waals surface area contributed by atoms with Crippen molar-refractivity contribution in [2.24, 2.45) is 12.8 Å². The molecule has 3 aromatic rings. The first-order chi connectivity index (χ1) is 19.5. The molecule has 41 heavy (non-hydrogen) atoms. The van der Waals surface area contributed by atoms with Crippen molar-refractivity contribution >= 4 is 35.0 Å². The SMILES string of the molecule is Cn1c(-c2cn(C3CC3)nc2C(F)(F)F)cnc1C(=O)Nc1ccc(C(=O)N2CCN(C(=O)CCN)CC2)c(Cl)c1. The van der Waals surface area contributed by atoms with Crippen molar-refractivity contribution in [1.29, 1.82) is 0 Å². The van der Waals surface area contributed by atoms with E-state index in [9.17, 15) is 27.6 Å². The second-order valence-electron chi connectivity index (χ2n) is 9.99. The lowest BCUT2D eigenvalue weighted by atomic mass is 10.1. The average molecular weight is 593 g/mol. The molecule has 0 radical (unpaired) electrons. The van der Waals surface area contributed by atoms with Crippen LogP contribution in [0.5, 0.6) is 0 Å². The number of nitrogens with zero attached hydrogens (tertiary/aromatic N) is 6.